The Kier molecular flexibility index (Phi) is 3.97. The van der Waals surface area contributed by atoms with Gasteiger partial charge in [0.15, 0.2) is 0 Å². The molecule has 4 heteroatoms. The molecule has 1 aromatic rings. The van der Waals surface area contributed by atoms with Crippen molar-refractivity contribution in [3.8, 4) is 0 Å². The smallest absolute Gasteiger partial charge is 0.285 e. The molecule has 18 heavy (non-hydrogen) atoms. The molecule has 0 aliphatic heterocycles. The monoisotopic (exact) mass is 255 g/mol. The maximum absolute atomic E-state index is 13.8. The molecule has 0 unspecified atom stereocenters. The molecule has 0 radical (unpaired) electrons. The minimum atomic E-state index is -2.84. The lowest BCUT2D eigenvalue weighted by Crippen LogP contribution is -2.34. The molecule has 2 nitrogen and oxygen atoms in total. The Labute approximate surface area is 106 Å². The Morgan fingerprint density at radius 2 is 1.89 bits per heavy atom. The number of aliphatic hydroxyl groups is 1. The number of nitrogens with one attached hydrogen (secondary N) is 1. The molecule has 0 saturated heterocycles. The molecule has 2 rings (SSSR count). The van der Waals surface area contributed by atoms with Crippen LogP contribution in [0.2, 0.25) is 0 Å². The van der Waals surface area contributed by atoms with Crippen LogP contribution in [0.3, 0.4) is 0 Å². The van der Waals surface area contributed by atoms with Crippen LogP contribution in [0, 0.1) is 5.41 Å². The van der Waals surface area contributed by atoms with Crippen LogP contribution in [0.4, 0.5) is 8.78 Å². The van der Waals surface area contributed by atoms with Crippen LogP contribution in [-0.4, -0.2) is 24.8 Å². The zero-order valence-electron chi connectivity index (χ0n) is 10.3. The second-order valence-electron chi connectivity index (χ2n) is 5.15. The van der Waals surface area contributed by atoms with E-state index in [1.54, 1.807) is 18.2 Å². The van der Waals surface area contributed by atoms with Gasteiger partial charge in [0.05, 0.1) is 6.54 Å². The van der Waals surface area contributed by atoms with Crippen LogP contribution in [0.25, 0.3) is 0 Å². The van der Waals surface area contributed by atoms with Crippen LogP contribution in [0.1, 0.15) is 24.8 Å². The summed E-state index contributed by atoms with van der Waals surface area (Å²) in [6, 6.07) is 7.87. The lowest BCUT2D eigenvalue weighted by molar-refractivity contribution is -0.00428. The van der Waals surface area contributed by atoms with Crippen molar-refractivity contribution in [1.29, 1.82) is 0 Å². The van der Waals surface area contributed by atoms with E-state index < -0.39 is 5.92 Å². The van der Waals surface area contributed by atoms with E-state index in [1.165, 1.54) is 12.1 Å². The SMILES string of the molecule is OCCC1(CNCC(F)(F)c2ccccc2)CC1. The molecule has 1 aliphatic carbocycles. The summed E-state index contributed by atoms with van der Waals surface area (Å²) in [6.45, 7) is 0.358. The molecular formula is C14H19F2NO. The highest BCUT2D eigenvalue weighted by Gasteiger charge is 2.42. The lowest BCUT2D eigenvalue weighted by atomic mass is 10.0. The topological polar surface area (TPSA) is 32.3 Å². The summed E-state index contributed by atoms with van der Waals surface area (Å²) in [6.07, 6.45) is 2.76. The van der Waals surface area contributed by atoms with Crippen LogP contribution < -0.4 is 5.32 Å². The van der Waals surface area contributed by atoms with E-state index >= 15 is 0 Å². The Morgan fingerprint density at radius 3 is 2.44 bits per heavy atom. The van der Waals surface area contributed by atoms with E-state index in [-0.39, 0.29) is 24.1 Å². The molecule has 0 bridgehead atoms. The second-order valence-corrected chi connectivity index (χ2v) is 5.15. The van der Waals surface area contributed by atoms with Gasteiger partial charge in [-0.3, -0.25) is 0 Å². The van der Waals surface area contributed by atoms with Crippen molar-refractivity contribution in [2.45, 2.75) is 25.2 Å². The highest BCUT2D eigenvalue weighted by atomic mass is 19.3. The average molecular weight is 255 g/mol. The maximum Gasteiger partial charge on any atom is 0.285 e. The van der Waals surface area contributed by atoms with Gasteiger partial charge in [-0.05, 0) is 24.7 Å². The molecule has 1 aliphatic rings. The number of rotatable bonds is 7. The first-order valence-corrected chi connectivity index (χ1v) is 6.33. The molecule has 2 N–H and O–H groups in total. The Morgan fingerprint density at radius 1 is 1.22 bits per heavy atom. The van der Waals surface area contributed by atoms with Crippen molar-refractivity contribution in [1.82, 2.24) is 5.32 Å². The molecule has 0 heterocycles. The highest BCUT2D eigenvalue weighted by molar-refractivity contribution is 5.20. The Balaban J connectivity index is 1.83. The van der Waals surface area contributed by atoms with Crippen LogP contribution >= 0.6 is 0 Å². The third-order valence-corrected chi connectivity index (χ3v) is 3.64. The van der Waals surface area contributed by atoms with E-state index in [1.807, 2.05) is 0 Å². The van der Waals surface area contributed by atoms with Gasteiger partial charge in [-0.2, -0.15) is 8.78 Å². The molecule has 0 atom stereocenters. The van der Waals surface area contributed by atoms with Crippen molar-refractivity contribution in [3.05, 3.63) is 35.9 Å². The lowest BCUT2D eigenvalue weighted by Gasteiger charge is -2.20. The van der Waals surface area contributed by atoms with Crippen molar-refractivity contribution >= 4 is 0 Å². The Hall–Kier alpha value is -1.00. The number of hydrogen-bond donors (Lipinski definition) is 2. The largest absolute Gasteiger partial charge is 0.396 e. The zero-order chi connectivity index (χ0) is 13.1. The summed E-state index contributed by atoms with van der Waals surface area (Å²) in [4.78, 5) is 0. The van der Waals surface area contributed by atoms with Crippen molar-refractivity contribution in [3.63, 3.8) is 0 Å². The fourth-order valence-corrected chi connectivity index (χ4v) is 2.20. The number of hydrogen-bond acceptors (Lipinski definition) is 2. The average Bonchev–Trinajstić information content (AvgIpc) is 3.11. The summed E-state index contributed by atoms with van der Waals surface area (Å²) < 4.78 is 27.7. The van der Waals surface area contributed by atoms with Gasteiger partial charge in [0.1, 0.15) is 0 Å². The number of aliphatic hydroxyl groups excluding tert-OH is 1. The standard InChI is InChI=1S/C14H19F2NO/c15-14(16,12-4-2-1-3-5-12)11-17-10-13(6-7-13)8-9-18/h1-5,17-18H,6-11H2. The number of halogens is 2. The quantitative estimate of drug-likeness (QED) is 0.784. The summed E-state index contributed by atoms with van der Waals surface area (Å²) in [5.41, 5.74) is 0.117. The van der Waals surface area contributed by atoms with E-state index in [0.717, 1.165) is 12.8 Å². The summed E-state index contributed by atoms with van der Waals surface area (Å²) in [5, 5.41) is 11.8. The molecular weight excluding hydrogens is 236 g/mol. The third kappa shape index (κ3) is 3.27. The predicted molar refractivity (Wildman–Crippen MR) is 66.6 cm³/mol. The number of benzene rings is 1. The minimum Gasteiger partial charge on any atom is -0.396 e. The van der Waals surface area contributed by atoms with E-state index in [2.05, 4.69) is 5.32 Å². The van der Waals surface area contributed by atoms with Gasteiger partial charge in [-0.1, -0.05) is 30.3 Å². The van der Waals surface area contributed by atoms with Crippen LogP contribution in [0.5, 0.6) is 0 Å². The predicted octanol–water partition coefficient (Wildman–Crippen LogP) is 2.53. The van der Waals surface area contributed by atoms with Crippen molar-refractivity contribution in [2.75, 3.05) is 19.7 Å². The third-order valence-electron chi connectivity index (χ3n) is 3.64. The van der Waals surface area contributed by atoms with Gasteiger partial charge < -0.3 is 10.4 Å². The molecule has 0 spiro atoms. The van der Waals surface area contributed by atoms with E-state index in [4.69, 9.17) is 5.11 Å². The summed E-state index contributed by atoms with van der Waals surface area (Å²) >= 11 is 0. The molecule has 1 fully saturated rings. The van der Waals surface area contributed by atoms with Crippen LogP contribution in [0.15, 0.2) is 30.3 Å². The van der Waals surface area contributed by atoms with Gasteiger partial charge in [0.2, 0.25) is 0 Å². The first-order valence-electron chi connectivity index (χ1n) is 6.33. The highest BCUT2D eigenvalue weighted by Crippen LogP contribution is 2.48. The molecule has 1 saturated carbocycles. The second kappa shape index (κ2) is 5.33. The maximum atomic E-state index is 13.8. The first-order chi connectivity index (χ1) is 8.58. The van der Waals surface area contributed by atoms with E-state index in [0.29, 0.717) is 13.0 Å². The minimum absolute atomic E-state index is 0.0458. The fourth-order valence-electron chi connectivity index (χ4n) is 2.20. The number of alkyl halides is 2. The van der Waals surface area contributed by atoms with Gasteiger partial charge in [-0.25, -0.2) is 0 Å². The van der Waals surface area contributed by atoms with Crippen LogP contribution in [-0.2, 0) is 5.92 Å². The molecule has 0 amide bonds. The summed E-state index contributed by atoms with van der Waals surface area (Å²) in [7, 11) is 0. The van der Waals surface area contributed by atoms with Gasteiger partial charge in [0.25, 0.3) is 5.92 Å². The Bertz CT molecular complexity index is 377. The van der Waals surface area contributed by atoms with E-state index in [9.17, 15) is 8.78 Å². The molecule has 1 aromatic carbocycles. The summed E-state index contributed by atoms with van der Waals surface area (Å²) in [5.74, 6) is -2.84. The zero-order valence-corrected chi connectivity index (χ0v) is 10.3. The normalized spacial score (nSPS) is 17.7. The molecule has 0 aromatic heterocycles. The van der Waals surface area contributed by atoms with Gasteiger partial charge in [0, 0.05) is 18.7 Å². The van der Waals surface area contributed by atoms with Crippen molar-refractivity contribution in [2.24, 2.45) is 5.41 Å². The fraction of sp³-hybridized carbons (Fsp3) is 0.571. The van der Waals surface area contributed by atoms with Gasteiger partial charge in [-0.15, -0.1) is 0 Å². The molecule has 100 valence electrons. The van der Waals surface area contributed by atoms with Gasteiger partial charge >= 0.3 is 0 Å². The first kappa shape index (κ1) is 13.4. The van der Waals surface area contributed by atoms with Crippen molar-refractivity contribution < 1.29 is 13.9 Å².